The van der Waals surface area contributed by atoms with Gasteiger partial charge in [-0.3, -0.25) is 4.79 Å². The highest BCUT2D eigenvalue weighted by Gasteiger charge is 2.19. The first-order valence-corrected chi connectivity index (χ1v) is 7.95. The molecule has 128 valence electrons. The average molecular weight is 346 g/mol. The molecule has 0 amide bonds. The molecule has 2 N–H and O–H groups in total. The van der Waals surface area contributed by atoms with Crippen LogP contribution >= 0.6 is 0 Å². The third kappa shape index (κ3) is 2.98. The quantitative estimate of drug-likeness (QED) is 0.326. The minimum Gasteiger partial charge on any atom is -0.507 e. The fourth-order valence-corrected chi connectivity index (χ4v) is 2.81. The Kier molecular flexibility index (Phi) is 4.03. The average Bonchev–Trinajstić information content (AvgIpc) is 3.30. The van der Waals surface area contributed by atoms with Crippen LogP contribution in [0.2, 0.25) is 0 Å². The van der Waals surface area contributed by atoms with Gasteiger partial charge in [0.1, 0.15) is 17.1 Å². The summed E-state index contributed by atoms with van der Waals surface area (Å²) < 4.78 is 5.93. The summed E-state index contributed by atoms with van der Waals surface area (Å²) in [5.74, 6) is -0.288. The molecule has 0 aliphatic heterocycles. The summed E-state index contributed by atoms with van der Waals surface area (Å²) in [6.07, 6.45) is 1.57. The minimum atomic E-state index is -0.549. The molecular formula is C19H14N4O3. The van der Waals surface area contributed by atoms with Crippen molar-refractivity contribution < 1.29 is 14.3 Å². The number of aliphatic hydroxyl groups is 1. The number of tetrazole rings is 1. The molecule has 26 heavy (non-hydrogen) atoms. The highest BCUT2D eigenvalue weighted by Crippen LogP contribution is 2.32. The molecule has 7 nitrogen and oxygen atoms in total. The van der Waals surface area contributed by atoms with Crippen molar-refractivity contribution in [1.29, 1.82) is 0 Å². The topological polar surface area (TPSA) is 105 Å². The Labute approximate surface area is 148 Å². The van der Waals surface area contributed by atoms with Crippen LogP contribution in [0.1, 0.15) is 27.5 Å². The maximum Gasteiger partial charge on any atom is 0.244 e. The SMILES string of the molecule is O=C(C=C(O)c1c(Cc2ccccc2)oc2ccccc12)c1nn[nH]n1. The number of benzene rings is 2. The van der Waals surface area contributed by atoms with Crippen molar-refractivity contribution in [3.05, 3.63) is 83.4 Å². The summed E-state index contributed by atoms with van der Waals surface area (Å²) in [6, 6.07) is 17.1. The summed E-state index contributed by atoms with van der Waals surface area (Å²) in [5, 5.41) is 24.2. The van der Waals surface area contributed by atoms with Gasteiger partial charge in [-0.15, -0.1) is 10.2 Å². The number of fused-ring (bicyclic) bond motifs is 1. The van der Waals surface area contributed by atoms with E-state index in [0.29, 0.717) is 23.3 Å². The van der Waals surface area contributed by atoms with Crippen LogP contribution in [-0.2, 0) is 6.42 Å². The summed E-state index contributed by atoms with van der Waals surface area (Å²) in [7, 11) is 0. The van der Waals surface area contributed by atoms with Gasteiger partial charge >= 0.3 is 0 Å². The Morgan fingerprint density at radius 2 is 1.88 bits per heavy atom. The van der Waals surface area contributed by atoms with E-state index < -0.39 is 5.78 Å². The van der Waals surface area contributed by atoms with Crippen molar-refractivity contribution in [1.82, 2.24) is 20.6 Å². The number of hydrogen-bond acceptors (Lipinski definition) is 6. The zero-order valence-corrected chi connectivity index (χ0v) is 13.6. The molecule has 0 aliphatic rings. The first kappa shape index (κ1) is 15.8. The molecule has 2 aromatic heterocycles. The predicted molar refractivity (Wildman–Crippen MR) is 94.6 cm³/mol. The van der Waals surface area contributed by atoms with Crippen LogP contribution in [0.4, 0.5) is 0 Å². The standard InChI is InChI=1S/C19H14N4O3/c24-14(11-15(25)19-20-22-23-21-19)18-13-8-4-5-9-16(13)26-17(18)10-12-6-2-1-3-7-12/h1-9,11,24H,10H2,(H,20,21,22,23). The molecule has 0 aliphatic carbocycles. The second kappa shape index (κ2) is 6.64. The van der Waals surface area contributed by atoms with Crippen molar-refractivity contribution in [2.75, 3.05) is 0 Å². The summed E-state index contributed by atoms with van der Waals surface area (Å²) >= 11 is 0. The first-order chi connectivity index (χ1) is 12.7. The lowest BCUT2D eigenvalue weighted by Gasteiger charge is -2.03. The molecule has 2 aromatic carbocycles. The van der Waals surface area contributed by atoms with Gasteiger partial charge in [0.15, 0.2) is 0 Å². The van der Waals surface area contributed by atoms with E-state index >= 15 is 0 Å². The molecule has 0 atom stereocenters. The second-order valence-electron chi connectivity index (χ2n) is 5.69. The Bertz CT molecular complexity index is 1080. The van der Waals surface area contributed by atoms with Crippen LogP contribution in [0.3, 0.4) is 0 Å². The highest BCUT2D eigenvalue weighted by molar-refractivity contribution is 6.06. The number of para-hydroxylation sites is 1. The van der Waals surface area contributed by atoms with E-state index in [9.17, 15) is 9.90 Å². The van der Waals surface area contributed by atoms with Gasteiger partial charge in [0.05, 0.1) is 5.56 Å². The smallest absolute Gasteiger partial charge is 0.244 e. The van der Waals surface area contributed by atoms with Crippen molar-refractivity contribution in [3.8, 4) is 0 Å². The van der Waals surface area contributed by atoms with Crippen LogP contribution in [0.5, 0.6) is 0 Å². The fraction of sp³-hybridized carbons (Fsp3) is 0.0526. The lowest BCUT2D eigenvalue weighted by molar-refractivity contribution is 0.103. The Hall–Kier alpha value is -3.74. The van der Waals surface area contributed by atoms with Crippen LogP contribution in [0.25, 0.3) is 16.7 Å². The predicted octanol–water partition coefficient (Wildman–Crippen LogP) is 3.32. The number of furan rings is 1. The first-order valence-electron chi connectivity index (χ1n) is 7.95. The number of nitrogens with zero attached hydrogens (tertiary/aromatic N) is 3. The number of carbonyl (C=O) groups excluding carboxylic acids is 1. The molecule has 0 unspecified atom stereocenters. The van der Waals surface area contributed by atoms with Gasteiger partial charge in [-0.1, -0.05) is 48.5 Å². The monoisotopic (exact) mass is 346 g/mol. The molecule has 2 heterocycles. The normalized spacial score (nSPS) is 11.8. The van der Waals surface area contributed by atoms with Gasteiger partial charge in [-0.2, -0.15) is 5.21 Å². The van der Waals surface area contributed by atoms with E-state index in [-0.39, 0.29) is 11.6 Å². The number of carbonyl (C=O) groups is 1. The van der Waals surface area contributed by atoms with E-state index in [1.807, 2.05) is 54.6 Å². The molecule has 0 fully saturated rings. The Morgan fingerprint density at radius 3 is 2.65 bits per heavy atom. The van der Waals surface area contributed by atoms with Gasteiger partial charge in [0.25, 0.3) is 0 Å². The number of H-pyrrole nitrogens is 1. The number of aromatic nitrogens is 4. The molecule has 4 rings (SSSR count). The van der Waals surface area contributed by atoms with Crippen molar-refractivity contribution in [3.63, 3.8) is 0 Å². The van der Waals surface area contributed by atoms with Gasteiger partial charge in [-0.25, -0.2) is 0 Å². The van der Waals surface area contributed by atoms with Crippen LogP contribution in [0.15, 0.2) is 65.1 Å². The third-order valence-electron chi connectivity index (χ3n) is 3.97. The minimum absolute atomic E-state index is 0.117. The molecule has 0 saturated heterocycles. The summed E-state index contributed by atoms with van der Waals surface area (Å²) in [6.45, 7) is 0. The molecule has 0 spiro atoms. The van der Waals surface area contributed by atoms with Gasteiger partial charge in [0, 0.05) is 17.9 Å². The number of rotatable bonds is 5. The van der Waals surface area contributed by atoms with Crippen LogP contribution < -0.4 is 0 Å². The highest BCUT2D eigenvalue weighted by atomic mass is 16.3. The molecule has 7 heteroatoms. The fourth-order valence-electron chi connectivity index (χ4n) is 2.81. The number of allylic oxidation sites excluding steroid dienone is 1. The second-order valence-corrected chi connectivity index (χ2v) is 5.69. The van der Waals surface area contributed by atoms with Crippen LogP contribution in [0, 0.1) is 0 Å². The van der Waals surface area contributed by atoms with E-state index in [0.717, 1.165) is 17.0 Å². The molecule has 0 bridgehead atoms. The lowest BCUT2D eigenvalue weighted by Crippen LogP contribution is -2.00. The largest absolute Gasteiger partial charge is 0.507 e. The Balaban J connectivity index is 1.79. The van der Waals surface area contributed by atoms with E-state index in [4.69, 9.17) is 4.42 Å². The zero-order chi connectivity index (χ0) is 17.9. The number of aromatic amines is 1. The van der Waals surface area contributed by atoms with Gasteiger partial charge in [0.2, 0.25) is 11.6 Å². The molecule has 4 aromatic rings. The van der Waals surface area contributed by atoms with Crippen LogP contribution in [-0.4, -0.2) is 31.5 Å². The van der Waals surface area contributed by atoms with E-state index in [1.54, 1.807) is 0 Å². The molecule has 0 saturated carbocycles. The molecular weight excluding hydrogens is 332 g/mol. The number of nitrogens with one attached hydrogen (secondary N) is 1. The summed E-state index contributed by atoms with van der Waals surface area (Å²) in [4.78, 5) is 12.2. The third-order valence-corrected chi connectivity index (χ3v) is 3.97. The van der Waals surface area contributed by atoms with E-state index in [2.05, 4.69) is 20.6 Å². The van der Waals surface area contributed by atoms with Crippen molar-refractivity contribution in [2.45, 2.75) is 6.42 Å². The summed E-state index contributed by atoms with van der Waals surface area (Å²) in [5.41, 5.74) is 2.16. The van der Waals surface area contributed by atoms with Crippen molar-refractivity contribution >= 4 is 22.5 Å². The number of aliphatic hydroxyl groups excluding tert-OH is 1. The maximum absolute atomic E-state index is 12.2. The van der Waals surface area contributed by atoms with Gasteiger partial charge in [-0.05, 0) is 16.8 Å². The molecule has 0 radical (unpaired) electrons. The van der Waals surface area contributed by atoms with Crippen molar-refractivity contribution in [2.24, 2.45) is 0 Å². The lowest BCUT2D eigenvalue weighted by atomic mass is 10.0. The Morgan fingerprint density at radius 1 is 1.12 bits per heavy atom. The maximum atomic E-state index is 12.2. The van der Waals surface area contributed by atoms with Gasteiger partial charge < -0.3 is 9.52 Å². The van der Waals surface area contributed by atoms with E-state index in [1.165, 1.54) is 0 Å². The number of ketones is 1. The zero-order valence-electron chi connectivity index (χ0n) is 13.6. The number of hydrogen-bond donors (Lipinski definition) is 2.